The molecule has 0 aromatic rings. The van der Waals surface area contributed by atoms with Crippen molar-refractivity contribution in [3.8, 4) is 0 Å². The van der Waals surface area contributed by atoms with Gasteiger partial charge in [-0.15, -0.1) is 0 Å². The molecule has 0 aliphatic heterocycles. The van der Waals surface area contributed by atoms with Crippen LogP contribution in [0.5, 0.6) is 0 Å². The maximum Gasteiger partial charge on any atom is -0.0297 e. The van der Waals surface area contributed by atoms with Crippen LogP contribution in [-0.2, 0) is 0 Å². The van der Waals surface area contributed by atoms with Crippen molar-refractivity contribution in [2.75, 3.05) is 0 Å². The molecule has 0 aromatic heterocycles. The van der Waals surface area contributed by atoms with Crippen LogP contribution < -0.4 is 0 Å². The van der Waals surface area contributed by atoms with Crippen molar-refractivity contribution in [2.45, 2.75) is 79.6 Å². The molecule has 0 nitrogen and oxygen atoms in total. The molecule has 0 heteroatoms. The average Bonchev–Trinajstić information content (AvgIpc) is 2.95. The van der Waals surface area contributed by atoms with Crippen molar-refractivity contribution in [3.05, 3.63) is 0 Å². The van der Waals surface area contributed by atoms with Gasteiger partial charge in [-0.3, -0.25) is 0 Å². The van der Waals surface area contributed by atoms with Crippen LogP contribution in [0.25, 0.3) is 0 Å². The lowest BCUT2D eigenvalue weighted by molar-refractivity contribution is 0.112. The minimum atomic E-state index is 0.599. The van der Waals surface area contributed by atoms with E-state index < -0.39 is 0 Å². The predicted molar refractivity (Wildman–Crippen MR) is 80.6 cm³/mol. The molecule has 0 bridgehead atoms. The van der Waals surface area contributed by atoms with Gasteiger partial charge in [-0.1, -0.05) is 53.9 Å². The molecule has 0 saturated heterocycles. The van der Waals surface area contributed by atoms with E-state index in [-0.39, 0.29) is 0 Å². The van der Waals surface area contributed by atoms with Crippen molar-refractivity contribution in [2.24, 2.45) is 35.0 Å². The summed E-state index contributed by atoms with van der Waals surface area (Å²) >= 11 is 0. The van der Waals surface area contributed by atoms with Gasteiger partial charge in [0.2, 0.25) is 0 Å². The Kier molecular flexibility index (Phi) is 4.44. The Hall–Kier alpha value is 0. The number of rotatable bonds is 4. The molecule has 0 spiro atoms. The third kappa shape index (κ3) is 2.63. The summed E-state index contributed by atoms with van der Waals surface area (Å²) < 4.78 is 0. The maximum atomic E-state index is 2.59. The second-order valence-corrected chi connectivity index (χ2v) is 7.92. The third-order valence-corrected chi connectivity index (χ3v) is 6.80. The molecule has 2 aliphatic rings. The zero-order chi connectivity index (χ0) is 13.3. The summed E-state index contributed by atoms with van der Waals surface area (Å²) in [7, 11) is 0. The lowest BCUT2D eigenvalue weighted by Crippen LogP contribution is -2.30. The smallest absolute Gasteiger partial charge is 0.0297 e. The van der Waals surface area contributed by atoms with Crippen LogP contribution in [0.4, 0.5) is 0 Å². The number of hydrogen-bond acceptors (Lipinski definition) is 0. The zero-order valence-corrected chi connectivity index (χ0v) is 13.3. The molecule has 5 atom stereocenters. The fourth-order valence-corrected chi connectivity index (χ4v) is 4.97. The lowest BCUT2D eigenvalue weighted by Gasteiger charge is -2.38. The summed E-state index contributed by atoms with van der Waals surface area (Å²) in [6.07, 6.45) is 10.3. The molecule has 2 saturated carbocycles. The molecule has 18 heavy (non-hydrogen) atoms. The Morgan fingerprint density at radius 3 is 2.11 bits per heavy atom. The molecule has 0 heterocycles. The van der Waals surface area contributed by atoms with Crippen LogP contribution in [-0.4, -0.2) is 0 Å². The highest BCUT2D eigenvalue weighted by atomic mass is 14.5. The van der Waals surface area contributed by atoms with Crippen LogP contribution in [0.3, 0.4) is 0 Å². The molecule has 2 rings (SSSR count). The second-order valence-electron chi connectivity index (χ2n) is 7.92. The van der Waals surface area contributed by atoms with Crippen LogP contribution in [0, 0.1) is 35.0 Å². The summed E-state index contributed by atoms with van der Waals surface area (Å²) in [6.45, 7) is 12.4. The largest absolute Gasteiger partial charge is 0.0651 e. The second kappa shape index (κ2) is 5.55. The van der Waals surface area contributed by atoms with E-state index in [1.807, 2.05) is 0 Å². The molecule has 2 unspecified atom stereocenters. The van der Waals surface area contributed by atoms with E-state index in [1.54, 1.807) is 0 Å². The Labute approximate surface area is 115 Å². The van der Waals surface area contributed by atoms with Gasteiger partial charge in [-0.2, -0.15) is 0 Å². The van der Waals surface area contributed by atoms with Crippen molar-refractivity contribution in [3.63, 3.8) is 0 Å². The Bertz CT molecular complexity index is 265. The first-order chi connectivity index (χ1) is 8.48. The SMILES string of the molecule is CCC1C[C@H](C(C)(C)[C@H]2CC[C@H](CC)C2)CC1C. The van der Waals surface area contributed by atoms with Crippen molar-refractivity contribution in [1.29, 1.82) is 0 Å². The molecule has 2 fully saturated rings. The average molecular weight is 250 g/mol. The zero-order valence-electron chi connectivity index (χ0n) is 13.3. The van der Waals surface area contributed by atoms with Crippen LogP contribution in [0.1, 0.15) is 79.6 Å². The van der Waals surface area contributed by atoms with E-state index in [2.05, 4.69) is 34.6 Å². The van der Waals surface area contributed by atoms with Crippen molar-refractivity contribution in [1.82, 2.24) is 0 Å². The van der Waals surface area contributed by atoms with E-state index in [0.717, 1.165) is 29.6 Å². The Morgan fingerprint density at radius 2 is 1.61 bits per heavy atom. The van der Waals surface area contributed by atoms with Gasteiger partial charge in [-0.25, -0.2) is 0 Å². The van der Waals surface area contributed by atoms with Crippen molar-refractivity contribution < 1.29 is 0 Å². The molecular weight excluding hydrogens is 216 g/mol. The first kappa shape index (κ1) is 14.4. The fourth-order valence-electron chi connectivity index (χ4n) is 4.97. The van der Waals surface area contributed by atoms with E-state index in [4.69, 9.17) is 0 Å². The highest BCUT2D eigenvalue weighted by Crippen LogP contribution is 2.54. The fraction of sp³-hybridized carbons (Fsp3) is 1.00. The first-order valence-corrected chi connectivity index (χ1v) is 8.48. The van der Waals surface area contributed by atoms with Gasteiger partial charge in [0.1, 0.15) is 0 Å². The normalized spacial score (nSPS) is 41.5. The summed E-state index contributed by atoms with van der Waals surface area (Å²) in [5, 5.41) is 0. The summed E-state index contributed by atoms with van der Waals surface area (Å²) in [4.78, 5) is 0. The third-order valence-electron chi connectivity index (χ3n) is 6.80. The summed E-state index contributed by atoms with van der Waals surface area (Å²) in [5.74, 6) is 5.03. The van der Waals surface area contributed by atoms with Crippen LogP contribution in [0.15, 0.2) is 0 Å². The molecule has 2 aliphatic carbocycles. The van der Waals surface area contributed by atoms with Gasteiger partial charge in [0, 0.05) is 0 Å². The van der Waals surface area contributed by atoms with Gasteiger partial charge >= 0.3 is 0 Å². The lowest BCUT2D eigenvalue weighted by atomic mass is 9.67. The van der Waals surface area contributed by atoms with Gasteiger partial charge in [0.25, 0.3) is 0 Å². The minimum absolute atomic E-state index is 0.599. The molecule has 0 amide bonds. The first-order valence-electron chi connectivity index (χ1n) is 8.48. The standard InChI is InChI=1S/C18H34/c1-6-14-8-9-16(11-14)18(4,5)17-10-13(3)15(7-2)12-17/h13-17H,6-12H2,1-5H3/t13?,14-,15?,16-,17+/m0/s1. The van der Waals surface area contributed by atoms with Crippen molar-refractivity contribution >= 4 is 0 Å². The van der Waals surface area contributed by atoms with E-state index in [9.17, 15) is 0 Å². The van der Waals surface area contributed by atoms with Gasteiger partial charge in [-0.05, 0) is 60.7 Å². The highest BCUT2D eigenvalue weighted by Gasteiger charge is 2.44. The van der Waals surface area contributed by atoms with Gasteiger partial charge in [0.15, 0.2) is 0 Å². The molecule has 106 valence electrons. The minimum Gasteiger partial charge on any atom is -0.0651 e. The molecule has 0 radical (unpaired) electrons. The summed E-state index contributed by atoms with van der Waals surface area (Å²) in [6, 6.07) is 0. The molecular formula is C18H34. The van der Waals surface area contributed by atoms with E-state index in [1.165, 1.54) is 44.9 Å². The van der Waals surface area contributed by atoms with Gasteiger partial charge in [0.05, 0.1) is 0 Å². The number of hydrogen-bond donors (Lipinski definition) is 0. The summed E-state index contributed by atoms with van der Waals surface area (Å²) in [5.41, 5.74) is 0.599. The Morgan fingerprint density at radius 1 is 0.889 bits per heavy atom. The predicted octanol–water partition coefficient (Wildman–Crippen LogP) is 5.91. The van der Waals surface area contributed by atoms with E-state index >= 15 is 0 Å². The topological polar surface area (TPSA) is 0 Å². The van der Waals surface area contributed by atoms with E-state index in [0.29, 0.717) is 5.41 Å². The quantitative estimate of drug-likeness (QED) is 0.581. The molecule has 0 N–H and O–H groups in total. The monoisotopic (exact) mass is 250 g/mol. The van der Waals surface area contributed by atoms with Gasteiger partial charge < -0.3 is 0 Å². The van der Waals surface area contributed by atoms with Crippen LogP contribution >= 0.6 is 0 Å². The molecule has 0 aromatic carbocycles. The van der Waals surface area contributed by atoms with Crippen LogP contribution in [0.2, 0.25) is 0 Å². The highest BCUT2D eigenvalue weighted by molar-refractivity contribution is 4.94. The Balaban J connectivity index is 1.99. The maximum absolute atomic E-state index is 2.59.